The van der Waals surface area contributed by atoms with Crippen molar-refractivity contribution < 1.29 is 24.2 Å². The summed E-state index contributed by atoms with van der Waals surface area (Å²) in [5.74, 6) is -0.637. The molecule has 1 aromatic carbocycles. The van der Waals surface area contributed by atoms with E-state index in [1.54, 1.807) is 25.1 Å². The van der Waals surface area contributed by atoms with Gasteiger partial charge in [0.05, 0.1) is 13.2 Å². The Balaban J connectivity index is 2.11. The molecule has 24 heavy (non-hydrogen) atoms. The van der Waals surface area contributed by atoms with Crippen LogP contribution >= 0.6 is 0 Å². The Labute approximate surface area is 140 Å². The van der Waals surface area contributed by atoms with Gasteiger partial charge in [-0.05, 0) is 36.6 Å². The van der Waals surface area contributed by atoms with Gasteiger partial charge in [-0.25, -0.2) is 19.6 Å². The lowest BCUT2D eigenvalue weighted by Crippen LogP contribution is -2.52. The molecule has 7 nitrogen and oxygen atoms in total. The highest BCUT2D eigenvalue weighted by Gasteiger charge is 2.29. The zero-order valence-corrected chi connectivity index (χ0v) is 13.5. The maximum Gasteiger partial charge on any atom is 0.426 e. The van der Waals surface area contributed by atoms with Gasteiger partial charge in [0.2, 0.25) is 5.91 Å². The highest BCUT2D eigenvalue weighted by molar-refractivity contribution is 5.87. The molecular formula is C17H20N2O5. The lowest BCUT2D eigenvalue weighted by molar-refractivity contribution is -0.152. The van der Waals surface area contributed by atoms with Gasteiger partial charge in [-0.2, -0.15) is 0 Å². The van der Waals surface area contributed by atoms with Crippen molar-refractivity contribution in [3.8, 4) is 0 Å². The number of carbonyl (C=O) groups excluding carboxylic acids is 2. The van der Waals surface area contributed by atoms with Crippen LogP contribution in [0.4, 0.5) is 4.79 Å². The van der Waals surface area contributed by atoms with Gasteiger partial charge in [0, 0.05) is 19.0 Å². The topological polar surface area (TPSA) is 87.2 Å². The highest BCUT2D eigenvalue weighted by atomic mass is 16.5. The number of benzene rings is 1. The minimum Gasteiger partial charge on any atom is -0.464 e. The van der Waals surface area contributed by atoms with Crippen LogP contribution in [0.15, 0.2) is 30.3 Å². The number of hydrogen-bond acceptors (Lipinski definition) is 4. The maximum absolute atomic E-state index is 12.0. The van der Waals surface area contributed by atoms with Crippen LogP contribution in [0.5, 0.6) is 0 Å². The summed E-state index contributed by atoms with van der Waals surface area (Å²) in [6, 6.07) is 7.22. The molecule has 1 N–H and O–H groups in total. The standard InChI is InChI=1S/C17H20N2O5/c1-2-24-16(21)9-8-13-5-3-6-14(11-13)12-19-15(20)7-4-10-18(19)17(22)23/h3,5-6,8-9,11H,2,4,7,10,12H2,1H3,(H,22,23). The first-order chi connectivity index (χ1) is 11.5. The van der Waals surface area contributed by atoms with Crippen LogP contribution in [0.3, 0.4) is 0 Å². The molecule has 0 saturated carbocycles. The number of amides is 2. The molecule has 2 amide bonds. The minimum absolute atomic E-state index is 0.173. The predicted octanol–water partition coefficient (Wildman–Crippen LogP) is 2.28. The summed E-state index contributed by atoms with van der Waals surface area (Å²) in [4.78, 5) is 34.7. The number of nitrogens with zero attached hydrogens (tertiary/aromatic N) is 2. The Morgan fingerprint density at radius 1 is 1.38 bits per heavy atom. The van der Waals surface area contributed by atoms with Crippen molar-refractivity contribution in [1.29, 1.82) is 0 Å². The Kier molecular flexibility index (Phi) is 5.95. The van der Waals surface area contributed by atoms with Crippen LogP contribution in [-0.4, -0.2) is 46.2 Å². The van der Waals surface area contributed by atoms with Gasteiger partial charge >= 0.3 is 12.1 Å². The number of hydrogen-bond donors (Lipinski definition) is 1. The fraction of sp³-hybridized carbons (Fsp3) is 0.353. The summed E-state index contributed by atoms with van der Waals surface area (Å²) in [5, 5.41) is 11.5. The second-order valence-electron chi connectivity index (χ2n) is 5.29. The smallest absolute Gasteiger partial charge is 0.426 e. The quantitative estimate of drug-likeness (QED) is 0.660. The summed E-state index contributed by atoms with van der Waals surface area (Å²) < 4.78 is 4.82. The Morgan fingerprint density at radius 3 is 2.88 bits per heavy atom. The summed E-state index contributed by atoms with van der Waals surface area (Å²) in [6.45, 7) is 2.53. The van der Waals surface area contributed by atoms with E-state index in [1.807, 2.05) is 12.1 Å². The van der Waals surface area contributed by atoms with Crippen LogP contribution in [-0.2, 0) is 20.9 Å². The highest BCUT2D eigenvalue weighted by Crippen LogP contribution is 2.17. The van der Waals surface area contributed by atoms with Gasteiger partial charge in [-0.15, -0.1) is 0 Å². The van der Waals surface area contributed by atoms with Crippen molar-refractivity contribution in [2.75, 3.05) is 13.2 Å². The van der Waals surface area contributed by atoms with Crippen LogP contribution in [0.2, 0.25) is 0 Å². The van der Waals surface area contributed by atoms with Crippen molar-refractivity contribution in [3.63, 3.8) is 0 Å². The number of rotatable bonds is 5. The van der Waals surface area contributed by atoms with Gasteiger partial charge in [-0.3, -0.25) is 4.79 Å². The fourth-order valence-corrected chi connectivity index (χ4v) is 2.46. The van der Waals surface area contributed by atoms with Crippen molar-refractivity contribution >= 4 is 24.0 Å². The summed E-state index contributed by atoms with van der Waals surface area (Å²) in [6.07, 6.45) is 2.68. The van der Waals surface area contributed by atoms with Gasteiger partial charge < -0.3 is 9.84 Å². The molecule has 1 aliphatic heterocycles. The number of carboxylic acid groups (broad SMARTS) is 1. The van der Waals surface area contributed by atoms with Gasteiger partial charge in [-0.1, -0.05) is 18.2 Å². The van der Waals surface area contributed by atoms with Gasteiger partial charge in [0.25, 0.3) is 0 Å². The number of hydrazine groups is 1. The first-order valence-corrected chi connectivity index (χ1v) is 7.75. The summed E-state index contributed by atoms with van der Waals surface area (Å²) in [7, 11) is 0. The molecule has 0 aliphatic carbocycles. The Bertz CT molecular complexity index is 656. The molecule has 0 spiro atoms. The maximum atomic E-state index is 12.0. The van der Waals surface area contributed by atoms with E-state index < -0.39 is 12.1 Å². The first kappa shape index (κ1) is 17.5. The van der Waals surface area contributed by atoms with Crippen LogP contribution in [0.25, 0.3) is 6.08 Å². The lowest BCUT2D eigenvalue weighted by atomic mass is 10.1. The molecule has 1 heterocycles. The average Bonchev–Trinajstić information content (AvgIpc) is 2.55. The molecular weight excluding hydrogens is 312 g/mol. The molecule has 1 aliphatic rings. The van der Waals surface area contributed by atoms with E-state index >= 15 is 0 Å². The van der Waals surface area contributed by atoms with Crippen molar-refractivity contribution in [2.45, 2.75) is 26.3 Å². The van der Waals surface area contributed by atoms with Crippen LogP contribution in [0.1, 0.15) is 30.9 Å². The molecule has 2 rings (SSSR count). The second-order valence-corrected chi connectivity index (χ2v) is 5.29. The normalized spacial score (nSPS) is 15.0. The van der Waals surface area contributed by atoms with Crippen molar-refractivity contribution in [2.24, 2.45) is 0 Å². The molecule has 1 fully saturated rings. The molecule has 0 unspecified atom stereocenters. The zero-order chi connectivity index (χ0) is 17.5. The SMILES string of the molecule is CCOC(=O)C=Cc1cccc(CN2C(=O)CCCN2C(=O)O)c1. The average molecular weight is 332 g/mol. The van der Waals surface area contributed by atoms with Gasteiger partial charge in [0.15, 0.2) is 0 Å². The van der Waals surface area contributed by atoms with Crippen LogP contribution < -0.4 is 0 Å². The van der Waals surface area contributed by atoms with Gasteiger partial charge in [0.1, 0.15) is 0 Å². The molecule has 0 aromatic heterocycles. The number of ether oxygens (including phenoxy) is 1. The molecule has 0 radical (unpaired) electrons. The molecule has 7 heteroatoms. The number of carbonyl (C=O) groups is 3. The van der Waals surface area contributed by atoms with Crippen molar-refractivity contribution in [3.05, 3.63) is 41.5 Å². The third-order valence-corrected chi connectivity index (χ3v) is 3.54. The van der Waals surface area contributed by atoms with E-state index in [2.05, 4.69) is 0 Å². The predicted molar refractivity (Wildman–Crippen MR) is 86.6 cm³/mol. The second kappa shape index (κ2) is 8.14. The Hall–Kier alpha value is -2.83. The number of esters is 1. The molecule has 128 valence electrons. The molecule has 1 saturated heterocycles. The minimum atomic E-state index is -1.14. The fourth-order valence-electron chi connectivity index (χ4n) is 2.46. The third-order valence-electron chi connectivity index (χ3n) is 3.54. The molecule has 0 atom stereocenters. The largest absolute Gasteiger partial charge is 0.464 e. The zero-order valence-electron chi connectivity index (χ0n) is 13.5. The molecule has 0 bridgehead atoms. The van der Waals surface area contributed by atoms with E-state index in [-0.39, 0.29) is 12.5 Å². The molecule has 1 aromatic rings. The van der Waals surface area contributed by atoms with E-state index in [9.17, 15) is 19.5 Å². The van der Waals surface area contributed by atoms with Crippen molar-refractivity contribution in [1.82, 2.24) is 10.0 Å². The van der Waals surface area contributed by atoms with E-state index in [0.29, 0.717) is 26.0 Å². The summed E-state index contributed by atoms with van der Waals surface area (Å²) >= 11 is 0. The monoisotopic (exact) mass is 332 g/mol. The van der Waals surface area contributed by atoms with E-state index in [4.69, 9.17) is 4.74 Å². The van der Waals surface area contributed by atoms with Crippen LogP contribution in [0, 0.1) is 0 Å². The third kappa shape index (κ3) is 4.58. The summed E-state index contributed by atoms with van der Waals surface area (Å²) in [5.41, 5.74) is 1.55. The Morgan fingerprint density at radius 2 is 2.17 bits per heavy atom. The first-order valence-electron chi connectivity index (χ1n) is 7.75. The van der Waals surface area contributed by atoms with E-state index in [0.717, 1.165) is 16.1 Å². The van der Waals surface area contributed by atoms with E-state index in [1.165, 1.54) is 11.1 Å². The lowest BCUT2D eigenvalue weighted by Gasteiger charge is -2.36.